The third-order valence-electron chi connectivity index (χ3n) is 3.49. The van der Waals surface area contributed by atoms with Gasteiger partial charge in [-0.2, -0.15) is 0 Å². The molecule has 1 aromatic rings. The van der Waals surface area contributed by atoms with Gasteiger partial charge < -0.3 is 10.6 Å². The van der Waals surface area contributed by atoms with E-state index in [1.54, 1.807) is 0 Å². The van der Waals surface area contributed by atoms with Gasteiger partial charge in [0.1, 0.15) is 0 Å². The molecule has 2 unspecified atom stereocenters. The van der Waals surface area contributed by atoms with Crippen LogP contribution in [0.4, 0.5) is 0 Å². The topological polar surface area (TPSA) is 24.1 Å². The van der Waals surface area contributed by atoms with Crippen molar-refractivity contribution in [2.75, 3.05) is 20.1 Å². The molecule has 100 valence electrons. The molecular formula is C15H24N2S. The van der Waals surface area contributed by atoms with Gasteiger partial charge in [-0.1, -0.05) is 26.0 Å². The molecule has 2 rings (SSSR count). The van der Waals surface area contributed by atoms with Crippen LogP contribution in [0.1, 0.15) is 31.9 Å². The lowest BCUT2D eigenvalue weighted by atomic mass is 9.92. The van der Waals surface area contributed by atoms with Gasteiger partial charge in [-0.3, -0.25) is 0 Å². The number of hydrogen-bond donors (Lipinski definition) is 2. The molecule has 0 aliphatic carbocycles. The van der Waals surface area contributed by atoms with Gasteiger partial charge in [-0.15, -0.1) is 11.8 Å². The van der Waals surface area contributed by atoms with Crippen molar-refractivity contribution in [1.29, 1.82) is 0 Å². The van der Waals surface area contributed by atoms with Gasteiger partial charge in [0, 0.05) is 16.2 Å². The molecule has 0 aromatic heterocycles. The molecule has 2 nitrogen and oxygen atoms in total. The summed E-state index contributed by atoms with van der Waals surface area (Å²) in [5.74, 6) is 0.721. The van der Waals surface area contributed by atoms with Crippen molar-refractivity contribution < 1.29 is 0 Å². The first-order chi connectivity index (χ1) is 8.70. The predicted octanol–water partition coefficient (Wildman–Crippen LogP) is 3.06. The largest absolute Gasteiger partial charge is 0.316 e. The van der Waals surface area contributed by atoms with Crippen molar-refractivity contribution in [3.05, 3.63) is 29.8 Å². The Morgan fingerprint density at radius 3 is 2.50 bits per heavy atom. The van der Waals surface area contributed by atoms with Gasteiger partial charge >= 0.3 is 0 Å². The van der Waals surface area contributed by atoms with E-state index in [1.807, 2.05) is 11.8 Å². The molecule has 1 aliphatic rings. The van der Waals surface area contributed by atoms with Crippen LogP contribution in [0.25, 0.3) is 0 Å². The van der Waals surface area contributed by atoms with Crippen LogP contribution in [0, 0.1) is 5.92 Å². The lowest BCUT2D eigenvalue weighted by Crippen LogP contribution is -2.26. The summed E-state index contributed by atoms with van der Waals surface area (Å²) >= 11 is 1.93. The van der Waals surface area contributed by atoms with Gasteiger partial charge in [-0.05, 0) is 50.2 Å². The zero-order chi connectivity index (χ0) is 13.0. The van der Waals surface area contributed by atoms with Crippen LogP contribution in [0.3, 0.4) is 0 Å². The van der Waals surface area contributed by atoms with Crippen LogP contribution >= 0.6 is 11.8 Å². The van der Waals surface area contributed by atoms with Crippen molar-refractivity contribution in [1.82, 2.24) is 10.6 Å². The maximum absolute atomic E-state index is 3.47. The predicted molar refractivity (Wildman–Crippen MR) is 80.2 cm³/mol. The average Bonchev–Trinajstić information content (AvgIpc) is 2.85. The molecule has 2 atom stereocenters. The first-order valence-electron chi connectivity index (χ1n) is 6.85. The molecule has 0 saturated carbocycles. The Labute approximate surface area is 115 Å². The van der Waals surface area contributed by atoms with Crippen LogP contribution in [-0.2, 0) is 0 Å². The van der Waals surface area contributed by atoms with Crippen molar-refractivity contribution in [2.24, 2.45) is 5.92 Å². The van der Waals surface area contributed by atoms with Crippen molar-refractivity contribution >= 4 is 11.8 Å². The first-order valence-corrected chi connectivity index (χ1v) is 7.73. The molecule has 1 saturated heterocycles. The van der Waals surface area contributed by atoms with Crippen LogP contribution < -0.4 is 10.6 Å². The Morgan fingerprint density at radius 1 is 1.28 bits per heavy atom. The summed E-state index contributed by atoms with van der Waals surface area (Å²) in [5, 5.41) is 7.57. The molecule has 1 aliphatic heterocycles. The van der Waals surface area contributed by atoms with Crippen molar-refractivity contribution in [2.45, 2.75) is 36.5 Å². The Hall–Kier alpha value is -0.510. The summed E-state index contributed by atoms with van der Waals surface area (Å²) in [7, 11) is 2.07. The number of benzene rings is 1. The van der Waals surface area contributed by atoms with E-state index in [9.17, 15) is 0 Å². The molecule has 1 aromatic carbocycles. The minimum Gasteiger partial charge on any atom is -0.316 e. The van der Waals surface area contributed by atoms with Gasteiger partial charge in [-0.25, -0.2) is 0 Å². The van der Waals surface area contributed by atoms with E-state index in [0.717, 1.165) is 19.0 Å². The second-order valence-corrected chi connectivity index (χ2v) is 6.90. The quantitative estimate of drug-likeness (QED) is 0.799. The standard InChI is InChI=1S/C15H24N2S/c1-11(2)18-14-6-4-12(5-7-14)15(16-3)13-8-9-17-10-13/h4-7,11,13,15-17H,8-10H2,1-3H3. The number of rotatable bonds is 5. The maximum atomic E-state index is 3.47. The van der Waals surface area contributed by atoms with E-state index in [-0.39, 0.29) is 0 Å². The molecule has 1 heterocycles. The Morgan fingerprint density at radius 2 is 2.00 bits per heavy atom. The zero-order valence-electron chi connectivity index (χ0n) is 11.6. The van der Waals surface area contributed by atoms with Crippen molar-refractivity contribution in [3.8, 4) is 0 Å². The summed E-state index contributed by atoms with van der Waals surface area (Å²) in [6.45, 7) is 6.76. The Balaban J connectivity index is 2.06. The fourth-order valence-corrected chi connectivity index (χ4v) is 3.50. The third-order valence-corrected chi connectivity index (χ3v) is 4.51. The lowest BCUT2D eigenvalue weighted by molar-refractivity contribution is 0.410. The van der Waals surface area contributed by atoms with Gasteiger partial charge in [0.2, 0.25) is 0 Å². The average molecular weight is 264 g/mol. The highest BCUT2D eigenvalue weighted by Gasteiger charge is 2.24. The summed E-state index contributed by atoms with van der Waals surface area (Å²) in [5.41, 5.74) is 1.42. The molecule has 3 heteroatoms. The monoisotopic (exact) mass is 264 g/mol. The van der Waals surface area contributed by atoms with Crippen LogP contribution in [0.5, 0.6) is 0 Å². The molecule has 1 fully saturated rings. The highest BCUT2D eigenvalue weighted by molar-refractivity contribution is 7.99. The van der Waals surface area contributed by atoms with Gasteiger partial charge in [0.05, 0.1) is 0 Å². The normalized spacial score (nSPS) is 21.4. The first kappa shape index (κ1) is 13.9. The number of thioether (sulfide) groups is 1. The SMILES string of the molecule is CNC(c1ccc(SC(C)C)cc1)C1CCNC1. The van der Waals surface area contributed by atoms with E-state index in [4.69, 9.17) is 0 Å². The number of hydrogen-bond acceptors (Lipinski definition) is 3. The minimum atomic E-state index is 0.484. The van der Waals surface area contributed by atoms with E-state index in [1.165, 1.54) is 16.9 Å². The highest BCUT2D eigenvalue weighted by Crippen LogP contribution is 2.29. The Kier molecular flexibility index (Phi) is 5.10. The molecule has 18 heavy (non-hydrogen) atoms. The fourth-order valence-electron chi connectivity index (χ4n) is 2.66. The van der Waals surface area contributed by atoms with Crippen LogP contribution in [0.15, 0.2) is 29.2 Å². The number of nitrogens with one attached hydrogen (secondary N) is 2. The van der Waals surface area contributed by atoms with Gasteiger partial charge in [0.25, 0.3) is 0 Å². The molecule has 2 N–H and O–H groups in total. The van der Waals surface area contributed by atoms with E-state index >= 15 is 0 Å². The fraction of sp³-hybridized carbons (Fsp3) is 0.600. The molecule has 0 spiro atoms. The lowest BCUT2D eigenvalue weighted by Gasteiger charge is -2.23. The van der Waals surface area contributed by atoms with Crippen LogP contribution in [-0.4, -0.2) is 25.4 Å². The second kappa shape index (κ2) is 6.60. The molecule has 0 radical (unpaired) electrons. The molecule has 0 bridgehead atoms. The van der Waals surface area contributed by atoms with E-state index in [0.29, 0.717) is 11.3 Å². The van der Waals surface area contributed by atoms with Crippen molar-refractivity contribution in [3.63, 3.8) is 0 Å². The minimum absolute atomic E-state index is 0.484. The second-order valence-electron chi connectivity index (χ2n) is 5.25. The van der Waals surface area contributed by atoms with E-state index < -0.39 is 0 Å². The molecule has 0 amide bonds. The summed E-state index contributed by atoms with van der Waals surface area (Å²) < 4.78 is 0. The van der Waals surface area contributed by atoms with Gasteiger partial charge in [0.15, 0.2) is 0 Å². The maximum Gasteiger partial charge on any atom is 0.0358 e. The third kappa shape index (κ3) is 3.50. The summed E-state index contributed by atoms with van der Waals surface area (Å²) in [6, 6.07) is 9.56. The highest BCUT2D eigenvalue weighted by atomic mass is 32.2. The summed E-state index contributed by atoms with van der Waals surface area (Å²) in [6.07, 6.45) is 1.27. The van der Waals surface area contributed by atoms with E-state index in [2.05, 4.69) is 55.8 Å². The zero-order valence-corrected chi connectivity index (χ0v) is 12.4. The van der Waals surface area contributed by atoms with Crippen LogP contribution in [0.2, 0.25) is 0 Å². The molecular weight excluding hydrogens is 240 g/mol. The summed E-state index contributed by atoms with van der Waals surface area (Å²) in [4.78, 5) is 1.37. The smallest absolute Gasteiger partial charge is 0.0358 e. The Bertz CT molecular complexity index is 355.